The number of carbonyl (C=O) groups excluding carboxylic acids is 1. The number of aromatic nitrogens is 2. The Balaban J connectivity index is 1.73. The van der Waals surface area contributed by atoms with Crippen LogP contribution in [-0.4, -0.2) is 15.7 Å². The Hall–Kier alpha value is -2.56. The lowest BCUT2D eigenvalue weighted by molar-refractivity contribution is 0.0434. The highest BCUT2D eigenvalue weighted by molar-refractivity contribution is 5.87. The summed E-state index contributed by atoms with van der Waals surface area (Å²) in [5, 5.41) is 5.38. The van der Waals surface area contributed by atoms with Crippen molar-refractivity contribution in [1.29, 1.82) is 0 Å². The molecule has 5 nitrogen and oxygen atoms in total. The van der Waals surface area contributed by atoms with Crippen molar-refractivity contribution in [3.8, 4) is 0 Å². The fourth-order valence-electron chi connectivity index (χ4n) is 2.34. The summed E-state index contributed by atoms with van der Waals surface area (Å²) in [6.07, 6.45) is 0. The molecule has 0 atom stereocenters. The minimum atomic E-state index is -0.407. The van der Waals surface area contributed by atoms with Crippen molar-refractivity contribution in [2.75, 3.05) is 0 Å². The van der Waals surface area contributed by atoms with Crippen LogP contribution in [0.15, 0.2) is 40.8 Å². The Bertz CT molecular complexity index is 820. The minimum absolute atomic E-state index is 0.101. The van der Waals surface area contributed by atoms with Gasteiger partial charge in [0, 0.05) is 17.8 Å². The highest BCUT2D eigenvalue weighted by atomic mass is 16.5. The standard InChI is InChI=1S/C18H20N2O3/c1-18(2,3)16-10-14(20(4)19-16)17(21)22-11-13-9-12-7-5-6-8-15(12)23-13/h5-10H,11H2,1-4H3. The molecule has 0 fully saturated rings. The van der Waals surface area contributed by atoms with E-state index in [0.717, 1.165) is 16.7 Å². The summed E-state index contributed by atoms with van der Waals surface area (Å²) >= 11 is 0. The third-order valence-electron chi connectivity index (χ3n) is 3.68. The molecular weight excluding hydrogens is 292 g/mol. The Kier molecular flexibility index (Phi) is 3.72. The first kappa shape index (κ1) is 15.3. The van der Waals surface area contributed by atoms with Gasteiger partial charge in [-0.05, 0) is 18.2 Å². The molecule has 23 heavy (non-hydrogen) atoms. The number of fused-ring (bicyclic) bond motifs is 1. The number of carbonyl (C=O) groups is 1. The van der Waals surface area contributed by atoms with E-state index in [4.69, 9.17) is 9.15 Å². The Morgan fingerprint density at radius 1 is 1.26 bits per heavy atom. The van der Waals surface area contributed by atoms with E-state index in [-0.39, 0.29) is 12.0 Å². The molecule has 0 aliphatic heterocycles. The quantitative estimate of drug-likeness (QED) is 0.690. The topological polar surface area (TPSA) is 57.3 Å². The van der Waals surface area contributed by atoms with Crippen LogP contribution in [0.1, 0.15) is 42.7 Å². The zero-order chi connectivity index (χ0) is 16.6. The Morgan fingerprint density at radius 3 is 2.65 bits per heavy atom. The van der Waals surface area contributed by atoms with Gasteiger partial charge in [0.15, 0.2) is 0 Å². The predicted octanol–water partition coefficient (Wildman–Crippen LogP) is 3.82. The van der Waals surface area contributed by atoms with Gasteiger partial charge in [0.1, 0.15) is 23.6 Å². The molecule has 0 radical (unpaired) electrons. The van der Waals surface area contributed by atoms with Gasteiger partial charge >= 0.3 is 5.97 Å². The van der Waals surface area contributed by atoms with Gasteiger partial charge in [0.25, 0.3) is 0 Å². The first-order chi connectivity index (χ1) is 10.8. The zero-order valence-electron chi connectivity index (χ0n) is 13.8. The largest absolute Gasteiger partial charge is 0.457 e. The lowest BCUT2D eigenvalue weighted by atomic mass is 9.92. The van der Waals surface area contributed by atoms with Crippen LogP contribution in [0.2, 0.25) is 0 Å². The van der Waals surface area contributed by atoms with E-state index in [1.54, 1.807) is 17.8 Å². The first-order valence-electron chi connectivity index (χ1n) is 7.54. The fraction of sp³-hybridized carbons (Fsp3) is 0.333. The van der Waals surface area contributed by atoms with E-state index in [2.05, 4.69) is 25.9 Å². The molecular formula is C18H20N2O3. The molecule has 3 aromatic rings. The highest BCUT2D eigenvalue weighted by Gasteiger charge is 2.22. The Morgan fingerprint density at radius 2 is 2.00 bits per heavy atom. The third-order valence-corrected chi connectivity index (χ3v) is 3.68. The number of nitrogens with zero attached hydrogens (tertiary/aromatic N) is 2. The van der Waals surface area contributed by atoms with Crippen LogP contribution in [0.25, 0.3) is 11.0 Å². The number of hydrogen-bond acceptors (Lipinski definition) is 4. The predicted molar refractivity (Wildman–Crippen MR) is 87.2 cm³/mol. The summed E-state index contributed by atoms with van der Waals surface area (Å²) in [6.45, 7) is 6.26. The minimum Gasteiger partial charge on any atom is -0.457 e. The van der Waals surface area contributed by atoms with E-state index in [1.807, 2.05) is 30.3 Å². The van der Waals surface area contributed by atoms with Gasteiger partial charge in [0.2, 0.25) is 0 Å². The molecule has 0 N–H and O–H groups in total. The number of esters is 1. The van der Waals surface area contributed by atoms with Gasteiger partial charge < -0.3 is 9.15 Å². The molecule has 3 rings (SSSR count). The summed E-state index contributed by atoms with van der Waals surface area (Å²) in [7, 11) is 1.74. The number of hydrogen-bond donors (Lipinski definition) is 0. The second-order valence-electron chi connectivity index (χ2n) is 6.62. The molecule has 2 aromatic heterocycles. The van der Waals surface area contributed by atoms with E-state index in [0.29, 0.717) is 11.5 Å². The number of para-hydroxylation sites is 1. The number of rotatable bonds is 3. The second kappa shape index (κ2) is 5.57. The van der Waals surface area contributed by atoms with Crippen LogP contribution in [0, 0.1) is 0 Å². The summed E-state index contributed by atoms with van der Waals surface area (Å²) < 4.78 is 12.6. The van der Waals surface area contributed by atoms with Gasteiger partial charge in [-0.15, -0.1) is 0 Å². The summed E-state index contributed by atoms with van der Waals surface area (Å²) in [4.78, 5) is 12.3. The van der Waals surface area contributed by atoms with Gasteiger partial charge in [-0.2, -0.15) is 5.10 Å². The smallest absolute Gasteiger partial charge is 0.357 e. The lowest BCUT2D eigenvalue weighted by Gasteiger charge is -2.13. The normalized spacial score (nSPS) is 11.8. The fourth-order valence-corrected chi connectivity index (χ4v) is 2.34. The molecule has 0 aliphatic carbocycles. The summed E-state index contributed by atoms with van der Waals surface area (Å²) in [5.74, 6) is 0.216. The molecule has 120 valence electrons. The zero-order valence-corrected chi connectivity index (χ0v) is 13.8. The third kappa shape index (κ3) is 3.13. The van der Waals surface area contributed by atoms with Gasteiger partial charge in [-0.3, -0.25) is 4.68 Å². The molecule has 2 heterocycles. The molecule has 5 heteroatoms. The molecule has 0 saturated heterocycles. The van der Waals surface area contributed by atoms with Crippen LogP contribution in [-0.2, 0) is 23.8 Å². The highest BCUT2D eigenvalue weighted by Crippen LogP contribution is 2.22. The van der Waals surface area contributed by atoms with Crippen molar-refractivity contribution in [3.05, 3.63) is 53.5 Å². The van der Waals surface area contributed by atoms with E-state index >= 15 is 0 Å². The maximum Gasteiger partial charge on any atom is 0.357 e. The average Bonchev–Trinajstić information content (AvgIpc) is 3.07. The molecule has 0 saturated carbocycles. The van der Waals surface area contributed by atoms with Gasteiger partial charge in [-0.1, -0.05) is 39.0 Å². The summed E-state index contributed by atoms with van der Waals surface area (Å²) in [6, 6.07) is 11.4. The molecule has 1 aromatic carbocycles. The maximum atomic E-state index is 12.3. The summed E-state index contributed by atoms with van der Waals surface area (Å²) in [5.41, 5.74) is 1.96. The van der Waals surface area contributed by atoms with Crippen molar-refractivity contribution in [2.24, 2.45) is 7.05 Å². The van der Waals surface area contributed by atoms with Crippen molar-refractivity contribution < 1.29 is 13.9 Å². The lowest BCUT2D eigenvalue weighted by Crippen LogP contribution is -2.12. The number of ether oxygens (including phenoxy) is 1. The molecule has 0 amide bonds. The monoisotopic (exact) mass is 312 g/mol. The van der Waals surface area contributed by atoms with E-state index in [1.165, 1.54) is 0 Å². The molecule has 0 aliphatic rings. The van der Waals surface area contributed by atoms with E-state index < -0.39 is 5.97 Å². The van der Waals surface area contributed by atoms with Crippen LogP contribution in [0.3, 0.4) is 0 Å². The van der Waals surface area contributed by atoms with Crippen LogP contribution in [0.4, 0.5) is 0 Å². The van der Waals surface area contributed by atoms with Crippen LogP contribution < -0.4 is 0 Å². The Labute approximate surface area is 134 Å². The SMILES string of the molecule is Cn1nc(C(C)(C)C)cc1C(=O)OCc1cc2ccccc2o1. The van der Waals surface area contributed by atoms with Crippen molar-refractivity contribution in [3.63, 3.8) is 0 Å². The maximum absolute atomic E-state index is 12.3. The van der Waals surface area contributed by atoms with Crippen molar-refractivity contribution in [1.82, 2.24) is 9.78 Å². The first-order valence-corrected chi connectivity index (χ1v) is 7.54. The van der Waals surface area contributed by atoms with Crippen molar-refractivity contribution in [2.45, 2.75) is 32.8 Å². The van der Waals surface area contributed by atoms with Gasteiger partial charge in [-0.25, -0.2) is 4.79 Å². The molecule has 0 unspecified atom stereocenters. The second-order valence-corrected chi connectivity index (χ2v) is 6.62. The molecule has 0 spiro atoms. The van der Waals surface area contributed by atoms with Crippen LogP contribution >= 0.6 is 0 Å². The van der Waals surface area contributed by atoms with E-state index in [9.17, 15) is 4.79 Å². The number of furan rings is 1. The van der Waals surface area contributed by atoms with Crippen molar-refractivity contribution >= 4 is 16.9 Å². The van der Waals surface area contributed by atoms with Gasteiger partial charge in [0.05, 0.1) is 5.69 Å². The van der Waals surface area contributed by atoms with Crippen LogP contribution in [0.5, 0.6) is 0 Å². The molecule has 0 bridgehead atoms. The number of benzene rings is 1. The average molecular weight is 312 g/mol. The number of aryl methyl sites for hydroxylation is 1.